The molecule has 0 saturated heterocycles. The molecule has 0 bridgehead atoms. The molecule has 1 heterocycles. The first-order chi connectivity index (χ1) is 13.0. The van der Waals surface area contributed by atoms with E-state index in [1.54, 1.807) is 60.7 Å². The molecule has 0 aromatic heterocycles. The van der Waals surface area contributed by atoms with Crippen molar-refractivity contribution < 1.29 is 17.5 Å². The van der Waals surface area contributed by atoms with Crippen molar-refractivity contribution in [2.24, 2.45) is 4.40 Å². The minimum absolute atomic E-state index is 0.104. The van der Waals surface area contributed by atoms with E-state index in [4.69, 9.17) is 4.74 Å². The Kier molecular flexibility index (Phi) is 4.37. The van der Waals surface area contributed by atoms with Crippen LogP contribution in [0.15, 0.2) is 82.1 Å². The summed E-state index contributed by atoms with van der Waals surface area (Å²) in [5.74, 6) is 0.467. The number of anilines is 1. The van der Waals surface area contributed by atoms with Crippen LogP contribution in [0.5, 0.6) is 5.75 Å². The lowest BCUT2D eigenvalue weighted by Gasteiger charge is -2.18. The zero-order valence-corrected chi connectivity index (χ0v) is 14.9. The van der Waals surface area contributed by atoms with Gasteiger partial charge in [0.2, 0.25) is 0 Å². The maximum absolute atomic E-state index is 13.6. The van der Waals surface area contributed by atoms with Gasteiger partial charge in [0.05, 0.1) is 5.69 Å². The van der Waals surface area contributed by atoms with Gasteiger partial charge in [0, 0.05) is 11.1 Å². The molecule has 3 aromatic rings. The third-order valence-corrected chi connectivity index (χ3v) is 5.44. The maximum Gasteiger partial charge on any atom is 0.286 e. The Morgan fingerprint density at radius 3 is 2.41 bits per heavy atom. The summed E-state index contributed by atoms with van der Waals surface area (Å²) in [4.78, 5) is 0.151. The zero-order chi connectivity index (χ0) is 18.9. The number of ether oxygens (including phenoxy) is 1. The number of amidine groups is 1. The number of hydrogen-bond acceptors (Lipinski definition) is 4. The Balaban J connectivity index is 1.53. The van der Waals surface area contributed by atoms with Gasteiger partial charge in [-0.2, -0.15) is 8.42 Å². The highest BCUT2D eigenvalue weighted by atomic mass is 32.2. The molecule has 1 aliphatic heterocycles. The molecule has 0 aliphatic carbocycles. The lowest BCUT2D eigenvalue weighted by Crippen LogP contribution is -2.22. The van der Waals surface area contributed by atoms with Gasteiger partial charge in [-0.15, -0.1) is 4.40 Å². The van der Waals surface area contributed by atoms with Crippen molar-refractivity contribution in [3.05, 3.63) is 89.7 Å². The molecule has 136 valence electrons. The van der Waals surface area contributed by atoms with Crippen LogP contribution in [-0.4, -0.2) is 14.3 Å². The van der Waals surface area contributed by atoms with Crippen molar-refractivity contribution in [3.63, 3.8) is 0 Å². The van der Waals surface area contributed by atoms with Gasteiger partial charge in [-0.05, 0) is 42.5 Å². The smallest absolute Gasteiger partial charge is 0.286 e. The molecule has 0 radical (unpaired) electrons. The largest absolute Gasteiger partial charge is 0.489 e. The molecule has 0 spiro atoms. The summed E-state index contributed by atoms with van der Waals surface area (Å²) in [5.41, 5.74) is 1.55. The predicted octanol–water partition coefficient (Wildman–Crippen LogP) is 3.97. The van der Waals surface area contributed by atoms with Crippen LogP contribution in [0.2, 0.25) is 0 Å². The molecular formula is C20H15FN2O3S. The number of rotatable bonds is 4. The number of sulfonamides is 1. The summed E-state index contributed by atoms with van der Waals surface area (Å²) in [5, 5.41) is 3.03. The monoisotopic (exact) mass is 382 g/mol. The van der Waals surface area contributed by atoms with Crippen LogP contribution in [0.25, 0.3) is 0 Å². The summed E-state index contributed by atoms with van der Waals surface area (Å²) in [6, 6.07) is 19.8. The number of nitrogens with one attached hydrogen (secondary N) is 1. The van der Waals surface area contributed by atoms with Gasteiger partial charge in [0.25, 0.3) is 10.0 Å². The van der Waals surface area contributed by atoms with E-state index >= 15 is 0 Å². The summed E-state index contributed by atoms with van der Waals surface area (Å²) in [6.07, 6.45) is 0. The Labute approximate surface area is 156 Å². The van der Waals surface area contributed by atoms with Gasteiger partial charge in [-0.3, -0.25) is 0 Å². The number of hydrogen-bond donors (Lipinski definition) is 1. The second kappa shape index (κ2) is 6.85. The normalized spacial score (nSPS) is 14.6. The first-order valence-corrected chi connectivity index (χ1v) is 9.65. The summed E-state index contributed by atoms with van der Waals surface area (Å²) in [7, 11) is -3.75. The minimum Gasteiger partial charge on any atom is -0.489 e. The average Bonchev–Trinajstić information content (AvgIpc) is 2.67. The van der Waals surface area contributed by atoms with E-state index in [1.165, 1.54) is 12.1 Å². The van der Waals surface area contributed by atoms with Crippen molar-refractivity contribution in [2.75, 3.05) is 5.32 Å². The highest BCUT2D eigenvalue weighted by Gasteiger charge is 2.24. The SMILES string of the molecule is O=S1(=O)N=C(c2ccc(OCc3ccccc3F)cc2)Nc2ccccc21. The van der Waals surface area contributed by atoms with Crippen LogP contribution >= 0.6 is 0 Å². The maximum atomic E-state index is 13.6. The molecular weight excluding hydrogens is 367 g/mol. The predicted molar refractivity (Wildman–Crippen MR) is 101 cm³/mol. The molecule has 4 rings (SSSR count). The third kappa shape index (κ3) is 3.54. The van der Waals surface area contributed by atoms with Crippen molar-refractivity contribution in [2.45, 2.75) is 11.5 Å². The van der Waals surface area contributed by atoms with Crippen molar-refractivity contribution in [1.29, 1.82) is 0 Å². The van der Waals surface area contributed by atoms with Gasteiger partial charge in [-0.1, -0.05) is 30.3 Å². The molecule has 5 nitrogen and oxygen atoms in total. The highest BCUT2D eigenvalue weighted by Crippen LogP contribution is 2.28. The molecule has 0 unspecified atom stereocenters. The van der Waals surface area contributed by atoms with Crippen molar-refractivity contribution >= 4 is 21.5 Å². The number of para-hydroxylation sites is 1. The Morgan fingerprint density at radius 1 is 0.926 bits per heavy atom. The average molecular weight is 382 g/mol. The Morgan fingerprint density at radius 2 is 1.63 bits per heavy atom. The van der Waals surface area contributed by atoms with E-state index in [9.17, 15) is 12.8 Å². The van der Waals surface area contributed by atoms with E-state index in [2.05, 4.69) is 9.71 Å². The molecule has 3 aromatic carbocycles. The van der Waals surface area contributed by atoms with E-state index in [1.807, 2.05) is 0 Å². The first kappa shape index (κ1) is 17.2. The highest BCUT2D eigenvalue weighted by molar-refractivity contribution is 7.90. The molecule has 7 heteroatoms. The zero-order valence-electron chi connectivity index (χ0n) is 14.1. The molecule has 0 fully saturated rings. The molecule has 1 aliphatic rings. The standard InChI is InChI=1S/C20H15FN2O3S/c21-17-6-2-1-5-15(17)13-26-16-11-9-14(10-12-16)20-22-18-7-3-4-8-19(18)27(24,25)23-20/h1-12H,13H2,(H,22,23). The van der Waals surface area contributed by atoms with Gasteiger partial charge >= 0.3 is 0 Å². The fourth-order valence-corrected chi connectivity index (χ4v) is 3.86. The lowest BCUT2D eigenvalue weighted by molar-refractivity contribution is 0.300. The van der Waals surface area contributed by atoms with Crippen LogP contribution in [0.3, 0.4) is 0 Å². The third-order valence-electron chi connectivity index (χ3n) is 4.11. The Hall–Kier alpha value is -3.19. The topological polar surface area (TPSA) is 67.8 Å². The van der Waals surface area contributed by atoms with Crippen LogP contribution in [0.4, 0.5) is 10.1 Å². The van der Waals surface area contributed by atoms with Gasteiger partial charge < -0.3 is 10.1 Å². The van der Waals surface area contributed by atoms with E-state index < -0.39 is 10.0 Å². The molecule has 27 heavy (non-hydrogen) atoms. The summed E-state index contributed by atoms with van der Waals surface area (Å²) < 4.78 is 47.7. The number of benzene rings is 3. The quantitative estimate of drug-likeness (QED) is 0.742. The van der Waals surface area contributed by atoms with Crippen LogP contribution < -0.4 is 10.1 Å². The molecule has 0 atom stereocenters. The minimum atomic E-state index is -3.75. The molecule has 1 N–H and O–H groups in total. The number of nitrogens with zero attached hydrogens (tertiary/aromatic N) is 1. The van der Waals surface area contributed by atoms with Gasteiger partial charge in [-0.25, -0.2) is 4.39 Å². The van der Waals surface area contributed by atoms with Crippen molar-refractivity contribution in [3.8, 4) is 5.75 Å². The molecule has 0 saturated carbocycles. The van der Waals surface area contributed by atoms with Crippen LogP contribution in [0.1, 0.15) is 11.1 Å². The number of halogens is 1. The van der Waals surface area contributed by atoms with E-state index in [0.29, 0.717) is 22.6 Å². The fraction of sp³-hybridized carbons (Fsp3) is 0.0500. The van der Waals surface area contributed by atoms with Crippen LogP contribution in [-0.2, 0) is 16.6 Å². The number of fused-ring (bicyclic) bond motifs is 1. The summed E-state index contributed by atoms with van der Waals surface area (Å²) in [6.45, 7) is 0.104. The van der Waals surface area contributed by atoms with Crippen LogP contribution in [0, 0.1) is 5.82 Å². The first-order valence-electron chi connectivity index (χ1n) is 8.21. The fourth-order valence-electron chi connectivity index (χ4n) is 2.73. The second-order valence-electron chi connectivity index (χ2n) is 5.94. The lowest BCUT2D eigenvalue weighted by atomic mass is 10.2. The van der Waals surface area contributed by atoms with E-state index in [0.717, 1.165) is 0 Å². The molecule has 0 amide bonds. The van der Waals surface area contributed by atoms with E-state index in [-0.39, 0.29) is 23.2 Å². The van der Waals surface area contributed by atoms with Gasteiger partial charge in [0.15, 0.2) is 5.84 Å². The van der Waals surface area contributed by atoms with Crippen molar-refractivity contribution in [1.82, 2.24) is 0 Å². The Bertz CT molecular complexity index is 1130. The summed E-state index contributed by atoms with van der Waals surface area (Å²) >= 11 is 0. The van der Waals surface area contributed by atoms with Gasteiger partial charge in [0.1, 0.15) is 23.1 Å². The second-order valence-corrected chi connectivity index (χ2v) is 7.51.